The van der Waals surface area contributed by atoms with Gasteiger partial charge < -0.3 is 10.6 Å². The summed E-state index contributed by atoms with van der Waals surface area (Å²) >= 11 is 0. The van der Waals surface area contributed by atoms with Crippen molar-refractivity contribution in [2.45, 2.75) is 88.9 Å². The fourth-order valence-electron chi connectivity index (χ4n) is 5.85. The minimum absolute atomic E-state index is 0.0215. The molecule has 3 aliphatic carbocycles. The molecule has 3 aromatic rings. The van der Waals surface area contributed by atoms with E-state index in [0.717, 1.165) is 12.8 Å². The van der Waals surface area contributed by atoms with Gasteiger partial charge in [-0.3, -0.25) is 9.59 Å². The lowest BCUT2D eigenvalue weighted by atomic mass is 9.81. The molecule has 42 heavy (non-hydrogen) atoms. The Balaban J connectivity index is 1.25. The zero-order chi connectivity index (χ0) is 29.9. The van der Waals surface area contributed by atoms with E-state index in [1.165, 1.54) is 10.7 Å². The highest BCUT2D eigenvalue weighted by atomic mass is 19.4. The average Bonchev–Trinajstić information content (AvgIpc) is 3.83. The lowest BCUT2D eigenvalue weighted by molar-refractivity contribution is -0.190. The third-order valence-electron chi connectivity index (χ3n) is 8.79. The topological polar surface area (TPSA) is 127 Å². The second kappa shape index (κ2) is 10.3. The van der Waals surface area contributed by atoms with Crippen molar-refractivity contribution in [3.05, 3.63) is 41.1 Å². The first-order valence-electron chi connectivity index (χ1n) is 14.0. The first-order valence-corrected chi connectivity index (χ1v) is 14.0. The predicted molar refractivity (Wildman–Crippen MR) is 135 cm³/mol. The van der Waals surface area contributed by atoms with Crippen LogP contribution in [0, 0.1) is 24.2 Å². The van der Waals surface area contributed by atoms with Gasteiger partial charge in [-0.05, 0) is 74.1 Å². The summed E-state index contributed by atoms with van der Waals surface area (Å²) in [6.45, 7) is 1.56. The number of amides is 2. The number of carbonyl (C=O) groups excluding carboxylic acids is 2. The van der Waals surface area contributed by atoms with Gasteiger partial charge in [-0.25, -0.2) is 22.9 Å². The highest BCUT2D eigenvalue weighted by Gasteiger charge is 2.63. The van der Waals surface area contributed by atoms with E-state index in [0.29, 0.717) is 16.9 Å². The van der Waals surface area contributed by atoms with Crippen LogP contribution in [-0.4, -0.2) is 48.8 Å². The standard InChI is InChI=1S/C27H30F5N7O3/c1-14-21(38-42-37-14)24(41)36-23(16-4-6-26(28,29)7-5-16)18-13-39-19(34-18)10-17(12-33-39)22(15-2-3-15)35-20(40)11-25(8-9-25)27(30,31)32/h10,12-13,15-16,22-23H,2-9,11H2,1H3,(H,35,40)(H,36,41)/t22?,23-/m0/s1. The molecule has 0 aromatic carbocycles. The third-order valence-corrected chi connectivity index (χ3v) is 8.79. The third kappa shape index (κ3) is 5.69. The first kappa shape index (κ1) is 28.5. The van der Waals surface area contributed by atoms with E-state index in [-0.39, 0.29) is 61.7 Å². The van der Waals surface area contributed by atoms with Crippen molar-refractivity contribution < 1.29 is 36.2 Å². The van der Waals surface area contributed by atoms with E-state index in [9.17, 15) is 31.5 Å². The number of halogens is 5. The fraction of sp³-hybridized carbons (Fsp3) is 0.630. The van der Waals surface area contributed by atoms with Crippen molar-refractivity contribution in [3.8, 4) is 0 Å². The van der Waals surface area contributed by atoms with Gasteiger partial charge in [-0.2, -0.15) is 18.3 Å². The van der Waals surface area contributed by atoms with Gasteiger partial charge in [0.2, 0.25) is 11.8 Å². The van der Waals surface area contributed by atoms with Crippen molar-refractivity contribution in [2.75, 3.05) is 0 Å². The van der Waals surface area contributed by atoms with Crippen LogP contribution in [0.25, 0.3) is 5.65 Å². The Morgan fingerprint density at radius 2 is 1.74 bits per heavy atom. The quantitative estimate of drug-likeness (QED) is 0.333. The molecule has 2 N–H and O–H groups in total. The molecule has 3 aromatic heterocycles. The SMILES string of the molecule is Cc1nonc1C(=O)N[C@H](c1cn2ncc(C(NC(=O)CC3(C(F)(F)F)CC3)C3CC3)cc2n1)C1CCC(F)(F)CC1. The largest absolute Gasteiger partial charge is 0.395 e. The van der Waals surface area contributed by atoms with Gasteiger partial charge in [0.1, 0.15) is 5.69 Å². The number of alkyl halides is 5. The number of fused-ring (bicyclic) bond motifs is 1. The summed E-state index contributed by atoms with van der Waals surface area (Å²) in [6, 6.07) is 0.458. The number of aryl methyl sites for hydroxylation is 1. The number of nitrogens with one attached hydrogen (secondary N) is 2. The van der Waals surface area contributed by atoms with Gasteiger partial charge in [0.15, 0.2) is 11.3 Å². The Hall–Kier alpha value is -3.65. The van der Waals surface area contributed by atoms with Crippen molar-refractivity contribution in [2.24, 2.45) is 17.3 Å². The number of nitrogens with zero attached hydrogens (tertiary/aromatic N) is 5. The molecule has 10 nitrogen and oxygen atoms in total. The summed E-state index contributed by atoms with van der Waals surface area (Å²) in [4.78, 5) is 30.4. The predicted octanol–water partition coefficient (Wildman–Crippen LogP) is 5.02. The number of imidazole rings is 1. The van der Waals surface area contributed by atoms with Gasteiger partial charge in [0.05, 0.1) is 35.6 Å². The molecule has 6 rings (SSSR count). The molecule has 2 atom stereocenters. The number of hydrogen-bond acceptors (Lipinski definition) is 7. The smallest absolute Gasteiger partial charge is 0.349 e. The Morgan fingerprint density at radius 3 is 2.33 bits per heavy atom. The summed E-state index contributed by atoms with van der Waals surface area (Å²) in [7, 11) is 0. The second-order valence-electron chi connectivity index (χ2n) is 11.9. The molecular formula is C27H30F5N7O3. The highest BCUT2D eigenvalue weighted by Crippen LogP contribution is 2.60. The minimum atomic E-state index is -4.42. The first-order chi connectivity index (χ1) is 19.8. The summed E-state index contributed by atoms with van der Waals surface area (Å²) in [5, 5.41) is 17.3. The Bertz CT molecular complexity index is 1480. The van der Waals surface area contributed by atoms with Gasteiger partial charge >= 0.3 is 6.18 Å². The lowest BCUT2D eigenvalue weighted by Gasteiger charge is -2.33. The maximum absolute atomic E-state index is 13.9. The summed E-state index contributed by atoms with van der Waals surface area (Å²) < 4.78 is 74.2. The number of hydrogen-bond donors (Lipinski definition) is 2. The number of aromatic nitrogens is 5. The van der Waals surface area contributed by atoms with Gasteiger partial charge in [0.25, 0.3) is 5.91 Å². The van der Waals surface area contributed by atoms with Crippen LogP contribution in [-0.2, 0) is 4.79 Å². The van der Waals surface area contributed by atoms with E-state index >= 15 is 0 Å². The van der Waals surface area contributed by atoms with Crippen molar-refractivity contribution in [1.29, 1.82) is 0 Å². The van der Waals surface area contributed by atoms with Gasteiger partial charge in [0, 0.05) is 19.3 Å². The molecule has 2 amide bonds. The Kier molecular flexibility index (Phi) is 6.96. The average molecular weight is 596 g/mol. The van der Waals surface area contributed by atoms with Crippen LogP contribution in [0.5, 0.6) is 0 Å². The Labute approximate surface area is 236 Å². The minimum Gasteiger partial charge on any atom is -0.349 e. The molecule has 0 spiro atoms. The fourth-order valence-corrected chi connectivity index (χ4v) is 5.85. The van der Waals surface area contributed by atoms with Crippen LogP contribution in [0.15, 0.2) is 23.1 Å². The Morgan fingerprint density at radius 1 is 1.05 bits per heavy atom. The van der Waals surface area contributed by atoms with Crippen LogP contribution in [0.1, 0.15) is 97.3 Å². The maximum atomic E-state index is 13.9. The zero-order valence-electron chi connectivity index (χ0n) is 22.8. The van der Waals surface area contributed by atoms with Crippen molar-refractivity contribution in [3.63, 3.8) is 0 Å². The molecule has 0 bridgehead atoms. The summed E-state index contributed by atoms with van der Waals surface area (Å²) in [5.41, 5.74) is -0.282. The van der Waals surface area contributed by atoms with Crippen LogP contribution in [0.4, 0.5) is 22.0 Å². The van der Waals surface area contributed by atoms with Crippen LogP contribution >= 0.6 is 0 Å². The molecule has 0 aliphatic heterocycles. The van der Waals surface area contributed by atoms with Crippen molar-refractivity contribution in [1.82, 2.24) is 35.5 Å². The van der Waals surface area contributed by atoms with E-state index in [1.807, 2.05) is 0 Å². The normalized spacial score (nSPS) is 21.6. The molecular weight excluding hydrogens is 565 g/mol. The molecule has 3 saturated carbocycles. The molecule has 1 unspecified atom stereocenters. The molecule has 3 heterocycles. The summed E-state index contributed by atoms with van der Waals surface area (Å²) in [6.07, 6.45) is -0.657. The van der Waals surface area contributed by atoms with Crippen LogP contribution < -0.4 is 10.6 Å². The molecule has 0 saturated heterocycles. The van der Waals surface area contributed by atoms with Crippen LogP contribution in [0.3, 0.4) is 0 Å². The van der Waals surface area contributed by atoms with E-state index in [1.54, 1.807) is 19.2 Å². The molecule has 3 aliphatic rings. The number of carbonyl (C=O) groups is 2. The molecule has 0 radical (unpaired) electrons. The summed E-state index contributed by atoms with van der Waals surface area (Å²) in [5.74, 6) is -4.26. The van der Waals surface area contributed by atoms with E-state index in [4.69, 9.17) is 0 Å². The monoisotopic (exact) mass is 595 g/mol. The van der Waals surface area contributed by atoms with E-state index < -0.39 is 47.8 Å². The van der Waals surface area contributed by atoms with Crippen molar-refractivity contribution >= 4 is 17.5 Å². The molecule has 15 heteroatoms. The van der Waals surface area contributed by atoms with Gasteiger partial charge in [-0.1, -0.05) is 5.16 Å². The zero-order valence-corrected chi connectivity index (χ0v) is 22.8. The highest BCUT2D eigenvalue weighted by molar-refractivity contribution is 5.93. The number of rotatable bonds is 9. The van der Waals surface area contributed by atoms with E-state index in [2.05, 4.69) is 35.7 Å². The van der Waals surface area contributed by atoms with Gasteiger partial charge in [-0.15, -0.1) is 0 Å². The maximum Gasteiger partial charge on any atom is 0.395 e. The second-order valence-corrected chi connectivity index (χ2v) is 11.9. The molecule has 226 valence electrons. The van der Waals surface area contributed by atoms with Crippen LogP contribution in [0.2, 0.25) is 0 Å². The lowest BCUT2D eigenvalue weighted by Crippen LogP contribution is -2.37. The molecule has 3 fully saturated rings.